The van der Waals surface area contributed by atoms with Gasteiger partial charge >= 0.3 is 0 Å². The van der Waals surface area contributed by atoms with Gasteiger partial charge in [0.05, 0.1) is 11.6 Å². The van der Waals surface area contributed by atoms with E-state index in [1.165, 1.54) is 31.1 Å². The summed E-state index contributed by atoms with van der Waals surface area (Å²) in [6.07, 6.45) is 0. The number of halogens is 2. The van der Waals surface area contributed by atoms with Crippen molar-refractivity contribution in [2.24, 2.45) is 11.7 Å². The summed E-state index contributed by atoms with van der Waals surface area (Å²) in [4.78, 5) is 24.9. The first-order chi connectivity index (χ1) is 9.23. The van der Waals surface area contributed by atoms with E-state index in [1.54, 1.807) is 0 Å². The van der Waals surface area contributed by atoms with E-state index >= 15 is 0 Å². The van der Waals surface area contributed by atoms with Crippen molar-refractivity contribution >= 4 is 29.9 Å². The zero-order valence-electron chi connectivity index (χ0n) is 12.5. The fraction of sp³-hybridized carbons (Fsp3) is 0.429. The molecule has 118 valence electrons. The van der Waals surface area contributed by atoms with Crippen molar-refractivity contribution < 1.29 is 14.0 Å². The van der Waals surface area contributed by atoms with Crippen LogP contribution in [0.1, 0.15) is 24.2 Å². The number of nitrogens with one attached hydrogen (secondary N) is 1. The van der Waals surface area contributed by atoms with Crippen molar-refractivity contribution in [3.8, 4) is 0 Å². The van der Waals surface area contributed by atoms with Crippen molar-refractivity contribution in [3.05, 3.63) is 29.6 Å². The van der Waals surface area contributed by atoms with E-state index in [0.29, 0.717) is 5.69 Å². The van der Waals surface area contributed by atoms with E-state index in [4.69, 9.17) is 5.73 Å². The van der Waals surface area contributed by atoms with Crippen LogP contribution in [0.3, 0.4) is 0 Å². The van der Waals surface area contributed by atoms with E-state index in [2.05, 4.69) is 5.32 Å². The van der Waals surface area contributed by atoms with Crippen LogP contribution in [0.15, 0.2) is 18.2 Å². The Balaban J connectivity index is 0.00000400. The van der Waals surface area contributed by atoms with Crippen LogP contribution in [0, 0.1) is 11.7 Å². The second-order valence-electron chi connectivity index (χ2n) is 5.15. The maximum absolute atomic E-state index is 13.6. The summed E-state index contributed by atoms with van der Waals surface area (Å²) in [7, 11) is 3.06. The zero-order chi connectivity index (χ0) is 15.4. The molecule has 0 fully saturated rings. The van der Waals surface area contributed by atoms with Gasteiger partial charge in [-0.3, -0.25) is 9.59 Å². The molecule has 1 atom stereocenters. The number of hydrogen-bond donors (Lipinski definition) is 2. The van der Waals surface area contributed by atoms with Crippen molar-refractivity contribution in [2.75, 3.05) is 19.4 Å². The SMILES string of the molecule is CC(C)[C@H](N)C(=O)Nc1ccc(F)c(C(=O)N(C)C)c1.Cl. The number of hydrogen-bond acceptors (Lipinski definition) is 3. The Morgan fingerprint density at radius 1 is 1.29 bits per heavy atom. The average Bonchev–Trinajstić information content (AvgIpc) is 2.38. The molecule has 0 aliphatic rings. The highest BCUT2D eigenvalue weighted by atomic mass is 35.5. The molecule has 0 aliphatic carbocycles. The highest BCUT2D eigenvalue weighted by Crippen LogP contribution is 2.16. The number of rotatable bonds is 4. The Kier molecular flexibility index (Phi) is 7.32. The van der Waals surface area contributed by atoms with E-state index in [-0.39, 0.29) is 29.8 Å². The molecule has 0 spiro atoms. The second-order valence-corrected chi connectivity index (χ2v) is 5.15. The largest absolute Gasteiger partial charge is 0.345 e. The van der Waals surface area contributed by atoms with Gasteiger partial charge in [0.2, 0.25) is 5.91 Å². The molecule has 0 bridgehead atoms. The topological polar surface area (TPSA) is 75.4 Å². The number of nitrogens with zero attached hydrogens (tertiary/aromatic N) is 1. The van der Waals surface area contributed by atoms with Crippen LogP contribution in [0.5, 0.6) is 0 Å². The second kappa shape index (κ2) is 7.95. The van der Waals surface area contributed by atoms with Gasteiger partial charge in [-0.05, 0) is 24.1 Å². The minimum Gasteiger partial charge on any atom is -0.345 e. The van der Waals surface area contributed by atoms with Gasteiger partial charge in [0.1, 0.15) is 5.82 Å². The smallest absolute Gasteiger partial charge is 0.256 e. The molecule has 0 saturated carbocycles. The normalized spacial score (nSPS) is 11.6. The fourth-order valence-electron chi connectivity index (χ4n) is 1.54. The van der Waals surface area contributed by atoms with Crippen molar-refractivity contribution in [1.29, 1.82) is 0 Å². The van der Waals surface area contributed by atoms with Crippen molar-refractivity contribution in [1.82, 2.24) is 4.90 Å². The lowest BCUT2D eigenvalue weighted by atomic mass is 10.0. The van der Waals surface area contributed by atoms with Crippen LogP contribution in [0.25, 0.3) is 0 Å². The quantitative estimate of drug-likeness (QED) is 0.890. The van der Waals surface area contributed by atoms with E-state index in [0.717, 1.165) is 6.07 Å². The highest BCUT2D eigenvalue weighted by Gasteiger charge is 2.19. The maximum atomic E-state index is 13.6. The Hall–Kier alpha value is -1.66. The number of benzene rings is 1. The van der Waals surface area contributed by atoms with Gasteiger partial charge in [-0.1, -0.05) is 13.8 Å². The minimum absolute atomic E-state index is 0. The molecule has 5 nitrogen and oxygen atoms in total. The van der Waals surface area contributed by atoms with Crippen LogP contribution in [-0.4, -0.2) is 36.9 Å². The first-order valence-corrected chi connectivity index (χ1v) is 6.31. The lowest BCUT2D eigenvalue weighted by Gasteiger charge is -2.16. The molecule has 1 aromatic rings. The number of amides is 2. The van der Waals surface area contributed by atoms with Crippen molar-refractivity contribution in [3.63, 3.8) is 0 Å². The molecule has 0 unspecified atom stereocenters. The molecular weight excluding hydrogens is 297 g/mol. The Morgan fingerprint density at radius 2 is 1.86 bits per heavy atom. The number of nitrogens with two attached hydrogens (primary N) is 1. The Labute approximate surface area is 130 Å². The molecule has 0 heterocycles. The predicted molar refractivity (Wildman–Crippen MR) is 83.1 cm³/mol. The average molecular weight is 318 g/mol. The molecular formula is C14H21ClFN3O2. The first-order valence-electron chi connectivity index (χ1n) is 6.31. The summed E-state index contributed by atoms with van der Waals surface area (Å²) < 4.78 is 13.6. The fourth-order valence-corrected chi connectivity index (χ4v) is 1.54. The third-order valence-electron chi connectivity index (χ3n) is 2.89. The molecule has 1 rings (SSSR count). The Bertz CT molecular complexity index is 521. The van der Waals surface area contributed by atoms with Gasteiger partial charge < -0.3 is 16.0 Å². The van der Waals surface area contributed by atoms with Gasteiger partial charge in [0.25, 0.3) is 5.91 Å². The van der Waals surface area contributed by atoms with E-state index in [1.807, 2.05) is 13.8 Å². The van der Waals surface area contributed by atoms with Gasteiger partial charge in [-0.25, -0.2) is 4.39 Å². The predicted octanol–water partition coefficient (Wildman–Crippen LogP) is 1.87. The van der Waals surface area contributed by atoms with Crippen molar-refractivity contribution in [2.45, 2.75) is 19.9 Å². The van der Waals surface area contributed by atoms with E-state index < -0.39 is 17.8 Å². The monoisotopic (exact) mass is 317 g/mol. The first kappa shape index (κ1) is 19.3. The lowest BCUT2D eigenvalue weighted by Crippen LogP contribution is -2.39. The number of anilines is 1. The molecule has 1 aromatic carbocycles. The highest BCUT2D eigenvalue weighted by molar-refractivity contribution is 5.98. The van der Waals surface area contributed by atoms with Gasteiger partial charge in [-0.15, -0.1) is 12.4 Å². The molecule has 21 heavy (non-hydrogen) atoms. The lowest BCUT2D eigenvalue weighted by molar-refractivity contribution is -0.118. The van der Waals surface area contributed by atoms with Crippen LogP contribution >= 0.6 is 12.4 Å². The maximum Gasteiger partial charge on any atom is 0.256 e. The van der Waals surface area contributed by atoms with Gasteiger partial charge in [-0.2, -0.15) is 0 Å². The molecule has 2 amide bonds. The molecule has 0 radical (unpaired) electrons. The van der Waals surface area contributed by atoms with Crippen LogP contribution in [-0.2, 0) is 4.79 Å². The number of carbonyl (C=O) groups is 2. The van der Waals surface area contributed by atoms with Crippen LogP contribution in [0.2, 0.25) is 0 Å². The zero-order valence-corrected chi connectivity index (χ0v) is 13.3. The van der Waals surface area contributed by atoms with Crippen LogP contribution in [0.4, 0.5) is 10.1 Å². The molecule has 7 heteroatoms. The summed E-state index contributed by atoms with van der Waals surface area (Å²) >= 11 is 0. The molecule has 3 N–H and O–H groups in total. The summed E-state index contributed by atoms with van der Waals surface area (Å²) in [6.45, 7) is 3.66. The van der Waals surface area contributed by atoms with Gasteiger partial charge in [0.15, 0.2) is 0 Å². The van der Waals surface area contributed by atoms with E-state index in [9.17, 15) is 14.0 Å². The van der Waals surface area contributed by atoms with Gasteiger partial charge in [0, 0.05) is 19.8 Å². The number of carbonyl (C=O) groups excluding carboxylic acids is 2. The summed E-state index contributed by atoms with van der Waals surface area (Å²) in [5.74, 6) is -1.48. The molecule has 0 aliphatic heterocycles. The summed E-state index contributed by atoms with van der Waals surface area (Å²) in [5.41, 5.74) is 5.98. The summed E-state index contributed by atoms with van der Waals surface area (Å²) in [5, 5.41) is 2.58. The standard InChI is InChI=1S/C14H20FN3O2.ClH/c1-8(2)12(16)13(19)17-9-5-6-11(15)10(7-9)14(20)18(3)4;/h5-8,12H,16H2,1-4H3,(H,17,19);1H/t12-;/m0./s1. The third-order valence-corrected chi connectivity index (χ3v) is 2.89. The molecule has 0 saturated heterocycles. The third kappa shape index (κ3) is 4.99. The summed E-state index contributed by atoms with van der Waals surface area (Å²) in [6, 6.07) is 3.19. The Morgan fingerprint density at radius 3 is 2.33 bits per heavy atom. The minimum atomic E-state index is -0.659. The van der Waals surface area contributed by atoms with Crippen LogP contribution < -0.4 is 11.1 Å². The molecule has 0 aromatic heterocycles.